The topological polar surface area (TPSA) is 274 Å². The molecular weight excluding hydrogens is 694 g/mol. The summed E-state index contributed by atoms with van der Waals surface area (Å²) in [6.07, 6.45) is 3.42. The average molecular weight is 752 g/mol. The summed E-state index contributed by atoms with van der Waals surface area (Å²) >= 11 is 0. The normalized spacial score (nSPS) is 10.9. The Hall–Kier alpha value is -5.80. The van der Waals surface area contributed by atoms with E-state index in [4.69, 9.17) is 17.2 Å². The third kappa shape index (κ3) is 20.3. The smallest absolute Gasteiger partial charge is 0.251 e. The first-order valence-electron chi connectivity index (χ1n) is 18.0. The number of rotatable bonds is 19. The Morgan fingerprint density at radius 2 is 1.31 bits per heavy atom. The van der Waals surface area contributed by atoms with Gasteiger partial charge in [0.1, 0.15) is 6.04 Å². The minimum Gasteiger partial charge on any atom is -0.370 e. The van der Waals surface area contributed by atoms with Gasteiger partial charge < -0.3 is 38.5 Å². The molecule has 1 heterocycles. The molecule has 0 radical (unpaired) electrons. The lowest BCUT2D eigenvalue weighted by Crippen LogP contribution is -2.44. The van der Waals surface area contributed by atoms with Gasteiger partial charge in [0.05, 0.1) is 17.8 Å². The van der Waals surface area contributed by atoms with Crippen LogP contribution in [-0.4, -0.2) is 77.2 Å². The van der Waals surface area contributed by atoms with Gasteiger partial charge in [0, 0.05) is 55.8 Å². The van der Waals surface area contributed by atoms with Crippen LogP contribution in [0, 0.1) is 11.8 Å². The quantitative estimate of drug-likeness (QED) is 0.0839. The van der Waals surface area contributed by atoms with E-state index < -0.39 is 23.8 Å². The number of carbonyl (C=O) groups excluding carboxylic acids is 7. The number of nitrogens with zero attached hydrogens (tertiary/aromatic N) is 1. The number of nitrogens with one attached hydrogen (secondary N) is 5. The van der Waals surface area contributed by atoms with Crippen LogP contribution in [-0.2, 0) is 28.8 Å². The summed E-state index contributed by atoms with van der Waals surface area (Å²) in [7, 11) is 0. The maximum atomic E-state index is 12.4. The third-order valence-corrected chi connectivity index (χ3v) is 7.54. The number of amides is 7. The monoisotopic (exact) mass is 751 g/mol. The van der Waals surface area contributed by atoms with Crippen molar-refractivity contribution in [1.29, 1.82) is 0 Å². The standard InChI is InChI=1S/C26H33N5O3.C8H16N2O2.C4H8N2O2/c1-18(2)9-14-23(32)29-17-24(33)27-15-5-6-16-28-26(34)20-12-10-19(11-13-20)25-21-7-3-4-8-22(21)30-31-25;1-5(2)4-7(8(9)12)10-6(3)11;5-3(7)1-2-4(6)8/h3-4,7-8,10-13,18H,5-6,9,14-17H2,1-2H3,(H,27,33)(H,28,34)(H,29,32)(H,30,31);5,7H,4H2,1-3H3,(H2,9,12)(H,10,11);1-2H2,(H2,5,7)(H2,6,8)/t;7-;/m.0./s1. The highest BCUT2D eigenvalue weighted by Gasteiger charge is 2.17. The average Bonchev–Trinajstić information content (AvgIpc) is 3.54. The minimum atomic E-state index is -0.525. The molecule has 11 N–H and O–H groups in total. The maximum absolute atomic E-state index is 12.4. The van der Waals surface area contributed by atoms with Crippen molar-refractivity contribution in [2.75, 3.05) is 19.6 Å². The van der Waals surface area contributed by atoms with Crippen LogP contribution < -0.4 is 38.5 Å². The van der Waals surface area contributed by atoms with Gasteiger partial charge >= 0.3 is 0 Å². The van der Waals surface area contributed by atoms with Crippen LogP contribution in [0.15, 0.2) is 48.5 Å². The summed E-state index contributed by atoms with van der Waals surface area (Å²) < 4.78 is 0. The first-order chi connectivity index (χ1) is 25.5. The second-order valence-electron chi connectivity index (χ2n) is 13.4. The molecule has 0 aliphatic rings. The molecule has 1 atom stereocenters. The van der Waals surface area contributed by atoms with Crippen molar-refractivity contribution < 1.29 is 33.6 Å². The fourth-order valence-corrected chi connectivity index (χ4v) is 4.70. The molecule has 2 aromatic carbocycles. The van der Waals surface area contributed by atoms with Crippen molar-refractivity contribution in [3.63, 3.8) is 0 Å². The highest BCUT2D eigenvalue weighted by atomic mass is 16.2. The van der Waals surface area contributed by atoms with Crippen molar-refractivity contribution in [2.24, 2.45) is 29.0 Å². The number of hydrogen-bond donors (Lipinski definition) is 8. The molecule has 0 saturated carbocycles. The van der Waals surface area contributed by atoms with Crippen LogP contribution in [0.5, 0.6) is 0 Å². The first kappa shape index (κ1) is 46.2. The van der Waals surface area contributed by atoms with E-state index in [1.165, 1.54) is 6.92 Å². The molecule has 296 valence electrons. The SMILES string of the molecule is CC(=O)N[C@@H](CC(C)C)C(N)=O.CC(C)CCC(=O)NCC(=O)NCCCCNC(=O)c1ccc(-c2n[nH]c3ccccc23)cc1.NC(=O)CCC(N)=O. The van der Waals surface area contributed by atoms with Crippen molar-refractivity contribution in [2.45, 2.75) is 85.6 Å². The van der Waals surface area contributed by atoms with Crippen molar-refractivity contribution in [3.05, 3.63) is 54.1 Å². The molecule has 1 aromatic heterocycles. The summed E-state index contributed by atoms with van der Waals surface area (Å²) in [5, 5.41) is 19.3. The summed E-state index contributed by atoms with van der Waals surface area (Å²) in [4.78, 5) is 77.1. The molecule has 3 aromatic rings. The van der Waals surface area contributed by atoms with E-state index in [0.29, 0.717) is 43.3 Å². The number of para-hydroxylation sites is 1. The molecule has 3 rings (SSSR count). The second-order valence-corrected chi connectivity index (χ2v) is 13.4. The Morgan fingerprint density at radius 3 is 1.85 bits per heavy atom. The van der Waals surface area contributed by atoms with Gasteiger partial charge in [0.25, 0.3) is 5.91 Å². The Bertz CT molecular complexity index is 1660. The summed E-state index contributed by atoms with van der Waals surface area (Å²) in [6, 6.07) is 14.8. The van der Waals surface area contributed by atoms with Crippen molar-refractivity contribution >= 4 is 52.3 Å². The Morgan fingerprint density at radius 1 is 0.722 bits per heavy atom. The predicted octanol–water partition coefficient (Wildman–Crippen LogP) is 2.17. The van der Waals surface area contributed by atoms with E-state index in [-0.39, 0.29) is 43.0 Å². The number of primary amides is 3. The lowest BCUT2D eigenvalue weighted by molar-refractivity contribution is -0.126. The van der Waals surface area contributed by atoms with E-state index >= 15 is 0 Å². The number of aromatic nitrogens is 2. The van der Waals surface area contributed by atoms with Gasteiger partial charge in [-0.3, -0.25) is 38.7 Å². The third-order valence-electron chi connectivity index (χ3n) is 7.54. The number of H-pyrrole nitrogens is 1. The van der Waals surface area contributed by atoms with Crippen LogP contribution in [0.1, 0.15) is 89.9 Å². The fraction of sp³-hybridized carbons (Fsp3) is 0.474. The Balaban J connectivity index is 0.000000598. The molecule has 16 nitrogen and oxygen atoms in total. The van der Waals surface area contributed by atoms with Gasteiger partial charge in [0.15, 0.2) is 0 Å². The molecule has 0 fully saturated rings. The van der Waals surface area contributed by atoms with E-state index in [1.807, 2.05) is 50.2 Å². The van der Waals surface area contributed by atoms with Gasteiger partial charge in [0.2, 0.25) is 35.4 Å². The summed E-state index contributed by atoms with van der Waals surface area (Å²) in [5.74, 6) is -1.32. The van der Waals surface area contributed by atoms with Gasteiger partial charge in [-0.05, 0) is 55.7 Å². The molecule has 7 amide bonds. The molecular formula is C38H57N9O7. The number of unbranched alkanes of at least 4 members (excludes halogenated alkanes) is 1. The molecule has 0 aliphatic heterocycles. The van der Waals surface area contributed by atoms with Crippen molar-refractivity contribution in [3.8, 4) is 11.3 Å². The van der Waals surface area contributed by atoms with E-state index in [1.54, 1.807) is 12.1 Å². The van der Waals surface area contributed by atoms with Crippen LogP contribution in [0.3, 0.4) is 0 Å². The lowest BCUT2D eigenvalue weighted by atomic mass is 10.0. The second kappa shape index (κ2) is 25.2. The molecule has 0 aliphatic carbocycles. The van der Waals surface area contributed by atoms with E-state index in [0.717, 1.165) is 41.4 Å². The number of fused-ring (bicyclic) bond motifs is 1. The number of aromatic amines is 1. The zero-order chi connectivity index (χ0) is 40.6. The van der Waals surface area contributed by atoms with Gasteiger partial charge in [-0.2, -0.15) is 5.10 Å². The van der Waals surface area contributed by atoms with E-state index in [9.17, 15) is 33.6 Å². The number of nitrogens with two attached hydrogens (primary N) is 3. The summed E-state index contributed by atoms with van der Waals surface area (Å²) in [6.45, 7) is 10.4. The van der Waals surface area contributed by atoms with E-state index in [2.05, 4.69) is 45.3 Å². The number of hydrogen-bond acceptors (Lipinski definition) is 8. The van der Waals surface area contributed by atoms with Crippen molar-refractivity contribution in [1.82, 2.24) is 31.5 Å². The molecule has 0 unspecified atom stereocenters. The zero-order valence-electron chi connectivity index (χ0n) is 32.0. The Kier molecular flexibility index (Phi) is 21.6. The first-order valence-corrected chi connectivity index (χ1v) is 18.0. The maximum Gasteiger partial charge on any atom is 0.251 e. The lowest BCUT2D eigenvalue weighted by Gasteiger charge is -2.15. The number of benzene rings is 2. The predicted molar refractivity (Wildman–Crippen MR) is 207 cm³/mol. The highest BCUT2D eigenvalue weighted by molar-refractivity contribution is 5.96. The minimum absolute atomic E-state index is 0.00225. The fourth-order valence-electron chi connectivity index (χ4n) is 4.70. The van der Waals surface area contributed by atoms with Gasteiger partial charge in [-0.15, -0.1) is 0 Å². The highest BCUT2D eigenvalue weighted by Crippen LogP contribution is 2.26. The zero-order valence-corrected chi connectivity index (χ0v) is 32.0. The number of carbonyl (C=O) groups is 7. The molecule has 16 heteroatoms. The molecule has 0 bridgehead atoms. The largest absolute Gasteiger partial charge is 0.370 e. The Labute approximate surface area is 316 Å². The van der Waals surface area contributed by atoms with Crippen LogP contribution >= 0.6 is 0 Å². The van der Waals surface area contributed by atoms with Crippen LogP contribution in [0.25, 0.3) is 22.2 Å². The van der Waals surface area contributed by atoms with Crippen LogP contribution in [0.2, 0.25) is 0 Å². The summed E-state index contributed by atoms with van der Waals surface area (Å²) in [5.41, 5.74) is 17.8. The van der Waals surface area contributed by atoms with Crippen LogP contribution in [0.4, 0.5) is 0 Å². The molecule has 0 spiro atoms. The molecule has 0 saturated heterocycles. The van der Waals surface area contributed by atoms with Gasteiger partial charge in [-0.1, -0.05) is 58.0 Å². The molecule has 54 heavy (non-hydrogen) atoms. The van der Waals surface area contributed by atoms with Gasteiger partial charge in [-0.25, -0.2) is 0 Å².